The van der Waals surface area contributed by atoms with Crippen LogP contribution in [0.25, 0.3) is 0 Å². The van der Waals surface area contributed by atoms with Crippen molar-refractivity contribution < 1.29 is 22.0 Å². The first-order chi connectivity index (χ1) is 9.09. The first-order valence-corrected chi connectivity index (χ1v) is 8.57. The average molecular weight is 311 g/mol. The lowest BCUT2D eigenvalue weighted by atomic mass is 9.86. The van der Waals surface area contributed by atoms with Crippen LogP contribution in [0, 0.1) is 11.8 Å². The van der Waals surface area contributed by atoms with Crippen LogP contribution in [0.1, 0.15) is 52.9 Å². The third-order valence-corrected chi connectivity index (χ3v) is 6.04. The molecule has 1 aliphatic rings. The van der Waals surface area contributed by atoms with Gasteiger partial charge in [0.2, 0.25) is 21.9 Å². The van der Waals surface area contributed by atoms with Crippen molar-refractivity contribution in [2.24, 2.45) is 11.8 Å². The van der Waals surface area contributed by atoms with Crippen molar-refractivity contribution in [1.82, 2.24) is 4.72 Å². The average Bonchev–Trinajstić information content (AvgIpc) is 2.27. The van der Waals surface area contributed by atoms with Crippen LogP contribution in [0.3, 0.4) is 0 Å². The molecule has 0 aromatic heterocycles. The summed E-state index contributed by atoms with van der Waals surface area (Å²) in [6.45, 7) is 5.30. The van der Waals surface area contributed by atoms with E-state index >= 15 is 0 Å². The Hall–Kier alpha value is -0.720. The van der Waals surface area contributed by atoms with Gasteiger partial charge in [-0.25, -0.2) is 17.2 Å². The summed E-state index contributed by atoms with van der Waals surface area (Å²) in [5.41, 5.74) is 0. The Labute approximate surface area is 119 Å². The maximum atomic E-state index is 13.0. The topological polar surface area (TPSA) is 63.2 Å². The Balaban J connectivity index is 2.66. The molecule has 0 aliphatic heterocycles. The smallest absolute Gasteiger partial charge is 0.248 e. The van der Waals surface area contributed by atoms with Crippen LogP contribution in [-0.2, 0) is 14.8 Å². The SMILES string of the molecule is CCC(C(C)C)S(=O)(=O)NC(=O)C1CCC(F)(F)CC1. The largest absolute Gasteiger partial charge is 0.274 e. The molecular formula is C13H23F2NO3S. The zero-order chi connectivity index (χ0) is 15.6. The van der Waals surface area contributed by atoms with Crippen molar-refractivity contribution >= 4 is 15.9 Å². The summed E-state index contributed by atoms with van der Waals surface area (Å²) in [6, 6.07) is 0. The fourth-order valence-corrected chi connectivity index (χ4v) is 4.40. The van der Waals surface area contributed by atoms with Gasteiger partial charge in [-0.3, -0.25) is 9.52 Å². The van der Waals surface area contributed by atoms with Crippen LogP contribution in [-0.4, -0.2) is 25.5 Å². The van der Waals surface area contributed by atoms with E-state index in [1.807, 2.05) is 0 Å². The summed E-state index contributed by atoms with van der Waals surface area (Å²) in [5.74, 6) is -4.10. The molecule has 118 valence electrons. The van der Waals surface area contributed by atoms with Crippen molar-refractivity contribution in [1.29, 1.82) is 0 Å². The van der Waals surface area contributed by atoms with E-state index in [1.165, 1.54) is 0 Å². The molecule has 1 saturated carbocycles. The van der Waals surface area contributed by atoms with E-state index < -0.39 is 33.0 Å². The van der Waals surface area contributed by atoms with Crippen molar-refractivity contribution in [3.05, 3.63) is 0 Å². The highest BCUT2D eigenvalue weighted by Crippen LogP contribution is 2.36. The number of alkyl halides is 2. The van der Waals surface area contributed by atoms with Crippen molar-refractivity contribution in [2.45, 2.75) is 64.0 Å². The van der Waals surface area contributed by atoms with E-state index in [1.54, 1.807) is 20.8 Å². The number of nitrogens with one attached hydrogen (secondary N) is 1. The summed E-state index contributed by atoms with van der Waals surface area (Å²) < 4.78 is 52.3. The highest BCUT2D eigenvalue weighted by molar-refractivity contribution is 7.90. The molecule has 0 bridgehead atoms. The van der Waals surface area contributed by atoms with Crippen molar-refractivity contribution in [3.63, 3.8) is 0 Å². The second-order valence-corrected chi connectivity index (χ2v) is 7.73. The van der Waals surface area contributed by atoms with E-state index in [-0.39, 0.29) is 31.6 Å². The maximum absolute atomic E-state index is 13.0. The molecule has 1 aliphatic carbocycles. The van der Waals surface area contributed by atoms with Gasteiger partial charge >= 0.3 is 0 Å². The standard InChI is InChI=1S/C13H23F2NO3S/c1-4-11(9(2)3)20(18,19)16-12(17)10-5-7-13(14,15)8-6-10/h9-11H,4-8H2,1-3H3,(H,16,17). The monoisotopic (exact) mass is 311 g/mol. The van der Waals surface area contributed by atoms with Gasteiger partial charge in [0.05, 0.1) is 5.25 Å². The minimum Gasteiger partial charge on any atom is -0.274 e. The molecule has 20 heavy (non-hydrogen) atoms. The van der Waals surface area contributed by atoms with Crippen molar-refractivity contribution in [3.8, 4) is 0 Å². The molecular weight excluding hydrogens is 288 g/mol. The van der Waals surface area contributed by atoms with Crippen LogP contribution >= 0.6 is 0 Å². The van der Waals surface area contributed by atoms with Crippen LogP contribution < -0.4 is 4.72 Å². The molecule has 1 amide bonds. The lowest BCUT2D eigenvalue weighted by Crippen LogP contribution is -2.44. The van der Waals surface area contributed by atoms with Gasteiger partial charge in [-0.1, -0.05) is 20.8 Å². The second-order valence-electron chi connectivity index (χ2n) is 5.83. The molecule has 0 aromatic rings. The Morgan fingerprint density at radius 1 is 1.30 bits per heavy atom. The van der Waals surface area contributed by atoms with Gasteiger partial charge < -0.3 is 0 Å². The Morgan fingerprint density at radius 3 is 2.20 bits per heavy atom. The van der Waals surface area contributed by atoms with E-state index in [4.69, 9.17) is 0 Å². The fraction of sp³-hybridized carbons (Fsp3) is 0.923. The van der Waals surface area contributed by atoms with Gasteiger partial charge in [0.25, 0.3) is 0 Å². The molecule has 4 nitrogen and oxygen atoms in total. The highest BCUT2D eigenvalue weighted by atomic mass is 32.2. The number of hydrogen-bond acceptors (Lipinski definition) is 3. The van der Waals surface area contributed by atoms with Crippen LogP contribution in [0.4, 0.5) is 8.78 Å². The molecule has 1 unspecified atom stereocenters. The zero-order valence-electron chi connectivity index (χ0n) is 12.2. The highest BCUT2D eigenvalue weighted by Gasteiger charge is 2.39. The number of hydrogen-bond donors (Lipinski definition) is 1. The molecule has 0 heterocycles. The quantitative estimate of drug-likeness (QED) is 0.849. The summed E-state index contributed by atoms with van der Waals surface area (Å²) in [5, 5.41) is -0.642. The Morgan fingerprint density at radius 2 is 1.80 bits per heavy atom. The van der Waals surface area contributed by atoms with Gasteiger partial charge in [0, 0.05) is 18.8 Å². The predicted octanol–water partition coefficient (Wildman–Crippen LogP) is 2.69. The lowest BCUT2D eigenvalue weighted by molar-refractivity contribution is -0.127. The normalized spacial score (nSPS) is 21.7. The summed E-state index contributed by atoms with van der Waals surface area (Å²) >= 11 is 0. The third-order valence-electron chi connectivity index (χ3n) is 3.88. The number of carbonyl (C=O) groups excluding carboxylic acids is 1. The number of rotatable bonds is 5. The summed E-state index contributed by atoms with van der Waals surface area (Å²) in [6.07, 6.45) is -0.234. The minimum atomic E-state index is -3.74. The molecule has 1 atom stereocenters. The zero-order valence-corrected chi connectivity index (χ0v) is 13.0. The molecule has 1 N–H and O–H groups in total. The van der Waals surface area contributed by atoms with E-state index in [0.717, 1.165) is 0 Å². The summed E-state index contributed by atoms with van der Waals surface area (Å²) in [4.78, 5) is 11.9. The lowest BCUT2D eigenvalue weighted by Gasteiger charge is -2.28. The second kappa shape index (κ2) is 6.37. The Kier molecular flexibility index (Phi) is 5.52. The fourth-order valence-electron chi connectivity index (χ4n) is 2.65. The number of amides is 1. The molecule has 1 rings (SSSR count). The number of sulfonamides is 1. The van der Waals surface area contributed by atoms with E-state index in [2.05, 4.69) is 4.72 Å². The summed E-state index contributed by atoms with van der Waals surface area (Å²) in [7, 11) is -3.74. The van der Waals surface area contributed by atoms with Gasteiger partial charge in [0.15, 0.2) is 0 Å². The van der Waals surface area contributed by atoms with Crippen LogP contribution in [0.5, 0.6) is 0 Å². The third kappa shape index (κ3) is 4.40. The molecule has 0 radical (unpaired) electrons. The van der Waals surface area contributed by atoms with Crippen molar-refractivity contribution in [2.75, 3.05) is 0 Å². The van der Waals surface area contributed by atoms with Gasteiger partial charge in [-0.2, -0.15) is 0 Å². The first kappa shape index (κ1) is 17.3. The molecule has 0 spiro atoms. The van der Waals surface area contributed by atoms with Gasteiger partial charge in [0.1, 0.15) is 0 Å². The molecule has 1 fully saturated rings. The van der Waals surface area contributed by atoms with Crippen LogP contribution in [0.2, 0.25) is 0 Å². The maximum Gasteiger partial charge on any atom is 0.248 e. The van der Waals surface area contributed by atoms with E-state index in [9.17, 15) is 22.0 Å². The minimum absolute atomic E-state index is 0.0345. The first-order valence-electron chi connectivity index (χ1n) is 7.02. The van der Waals surface area contributed by atoms with Crippen LogP contribution in [0.15, 0.2) is 0 Å². The van der Waals surface area contributed by atoms with E-state index in [0.29, 0.717) is 6.42 Å². The number of halogens is 2. The number of carbonyl (C=O) groups is 1. The molecule has 7 heteroatoms. The van der Waals surface area contributed by atoms with Gasteiger partial charge in [-0.15, -0.1) is 0 Å². The predicted molar refractivity (Wildman–Crippen MR) is 72.9 cm³/mol. The molecule has 0 aromatic carbocycles. The Bertz CT molecular complexity index is 439. The van der Waals surface area contributed by atoms with Gasteiger partial charge in [-0.05, 0) is 25.2 Å². The molecule has 0 saturated heterocycles.